The van der Waals surface area contributed by atoms with E-state index in [4.69, 9.17) is 10.8 Å². The highest BCUT2D eigenvalue weighted by molar-refractivity contribution is 5.32. The lowest BCUT2D eigenvalue weighted by Gasteiger charge is -2.11. The van der Waals surface area contributed by atoms with Crippen molar-refractivity contribution in [1.29, 1.82) is 5.26 Å². The number of hydrogen-bond acceptors (Lipinski definition) is 4. The fraction of sp³-hybridized carbons (Fsp3) is 0.600. The van der Waals surface area contributed by atoms with Gasteiger partial charge in [0.15, 0.2) is 0 Å². The van der Waals surface area contributed by atoms with Crippen molar-refractivity contribution in [2.24, 2.45) is 12.2 Å². The Labute approximate surface area is 99.7 Å². The SMILES string of the molecule is Cc1nn(C)c(C)c1C(C#N)NCCN=[N+]=[N-]. The second-order valence-electron chi connectivity index (χ2n) is 3.68. The Bertz CT molecular complexity index is 476. The molecule has 1 atom stereocenters. The number of azide groups is 1. The van der Waals surface area contributed by atoms with Gasteiger partial charge in [-0.15, -0.1) is 0 Å². The molecule has 0 saturated heterocycles. The molecule has 0 aliphatic carbocycles. The van der Waals surface area contributed by atoms with Crippen LogP contribution in [0.5, 0.6) is 0 Å². The molecule has 0 bridgehead atoms. The van der Waals surface area contributed by atoms with Crippen LogP contribution in [-0.2, 0) is 7.05 Å². The van der Waals surface area contributed by atoms with Gasteiger partial charge in [-0.25, -0.2) is 0 Å². The van der Waals surface area contributed by atoms with Crippen molar-refractivity contribution in [2.45, 2.75) is 19.9 Å². The first-order chi connectivity index (χ1) is 8.11. The number of rotatable bonds is 5. The van der Waals surface area contributed by atoms with Crippen LogP contribution in [0.4, 0.5) is 0 Å². The van der Waals surface area contributed by atoms with Gasteiger partial charge in [-0.2, -0.15) is 10.4 Å². The van der Waals surface area contributed by atoms with Gasteiger partial charge in [0.05, 0.1) is 11.8 Å². The van der Waals surface area contributed by atoms with Crippen molar-refractivity contribution in [2.75, 3.05) is 13.1 Å². The molecule has 0 saturated carbocycles. The molecule has 90 valence electrons. The van der Waals surface area contributed by atoms with Gasteiger partial charge in [-0.05, 0) is 19.4 Å². The Balaban J connectivity index is 2.80. The average Bonchev–Trinajstić information content (AvgIpc) is 2.55. The summed E-state index contributed by atoms with van der Waals surface area (Å²) in [5.74, 6) is 0. The molecule has 7 heteroatoms. The van der Waals surface area contributed by atoms with Gasteiger partial charge in [-0.1, -0.05) is 5.11 Å². The fourth-order valence-electron chi connectivity index (χ4n) is 1.72. The zero-order chi connectivity index (χ0) is 12.8. The van der Waals surface area contributed by atoms with Crippen molar-refractivity contribution in [3.05, 3.63) is 27.4 Å². The molecule has 0 aliphatic heterocycles. The van der Waals surface area contributed by atoms with Gasteiger partial charge in [0.2, 0.25) is 0 Å². The zero-order valence-electron chi connectivity index (χ0n) is 10.2. The first kappa shape index (κ1) is 13.0. The van der Waals surface area contributed by atoms with E-state index in [9.17, 15) is 0 Å². The van der Waals surface area contributed by atoms with Gasteiger partial charge in [0.25, 0.3) is 0 Å². The minimum Gasteiger partial charge on any atom is -0.298 e. The normalized spacial score (nSPS) is 11.6. The molecule has 0 aromatic carbocycles. The molecule has 1 aromatic heterocycles. The Kier molecular flexibility index (Phi) is 4.52. The molecule has 1 rings (SSSR count). The summed E-state index contributed by atoms with van der Waals surface area (Å²) < 4.78 is 1.75. The maximum Gasteiger partial charge on any atom is 0.124 e. The van der Waals surface area contributed by atoms with Crippen LogP contribution in [0.3, 0.4) is 0 Å². The van der Waals surface area contributed by atoms with Crippen LogP contribution in [0.1, 0.15) is 23.0 Å². The molecule has 0 radical (unpaired) electrons. The summed E-state index contributed by atoms with van der Waals surface area (Å²) in [6, 6.07) is 1.77. The summed E-state index contributed by atoms with van der Waals surface area (Å²) in [5.41, 5.74) is 10.9. The van der Waals surface area contributed by atoms with Crippen LogP contribution in [0.25, 0.3) is 10.4 Å². The molecule has 1 unspecified atom stereocenters. The minimum absolute atomic E-state index is 0.326. The second-order valence-corrected chi connectivity index (χ2v) is 3.68. The largest absolute Gasteiger partial charge is 0.298 e. The third-order valence-corrected chi connectivity index (χ3v) is 2.61. The molecular weight excluding hydrogens is 218 g/mol. The first-order valence-electron chi connectivity index (χ1n) is 5.25. The van der Waals surface area contributed by atoms with Gasteiger partial charge in [0.1, 0.15) is 6.04 Å². The third kappa shape index (κ3) is 2.97. The number of hydrogen-bond donors (Lipinski definition) is 1. The molecule has 1 heterocycles. The Morgan fingerprint density at radius 2 is 2.35 bits per heavy atom. The van der Waals surface area contributed by atoms with Crippen LogP contribution < -0.4 is 5.32 Å². The average molecular weight is 233 g/mol. The Hall–Kier alpha value is -2.03. The quantitative estimate of drug-likeness (QED) is 0.360. The van der Waals surface area contributed by atoms with E-state index < -0.39 is 6.04 Å². The number of nitrogens with one attached hydrogen (secondary N) is 1. The van der Waals surface area contributed by atoms with Crippen LogP contribution in [0, 0.1) is 25.2 Å². The smallest absolute Gasteiger partial charge is 0.124 e. The molecule has 0 fully saturated rings. The number of aromatic nitrogens is 2. The molecule has 7 nitrogen and oxygen atoms in total. The maximum absolute atomic E-state index is 9.14. The number of aryl methyl sites for hydroxylation is 2. The molecular formula is C10H15N7. The molecule has 0 spiro atoms. The van der Waals surface area contributed by atoms with Gasteiger partial charge < -0.3 is 0 Å². The monoisotopic (exact) mass is 233 g/mol. The number of nitrogens with zero attached hydrogens (tertiary/aromatic N) is 6. The summed E-state index contributed by atoms with van der Waals surface area (Å²) in [4.78, 5) is 2.66. The molecule has 0 aliphatic rings. The summed E-state index contributed by atoms with van der Waals surface area (Å²) in [6.45, 7) is 4.60. The second kappa shape index (κ2) is 5.89. The zero-order valence-corrected chi connectivity index (χ0v) is 10.2. The minimum atomic E-state index is -0.419. The Morgan fingerprint density at radius 1 is 1.65 bits per heavy atom. The predicted octanol–water partition coefficient (Wildman–Crippen LogP) is 1.50. The highest BCUT2D eigenvalue weighted by Crippen LogP contribution is 2.20. The summed E-state index contributed by atoms with van der Waals surface area (Å²) in [6.07, 6.45) is 0. The first-order valence-corrected chi connectivity index (χ1v) is 5.25. The molecule has 17 heavy (non-hydrogen) atoms. The van der Waals surface area contributed by atoms with Crippen molar-refractivity contribution >= 4 is 0 Å². The van der Waals surface area contributed by atoms with Crippen LogP contribution in [0.2, 0.25) is 0 Å². The molecule has 0 amide bonds. The van der Waals surface area contributed by atoms with E-state index in [1.807, 2.05) is 20.9 Å². The lowest BCUT2D eigenvalue weighted by Crippen LogP contribution is -2.23. The van der Waals surface area contributed by atoms with Crippen LogP contribution in [-0.4, -0.2) is 22.9 Å². The fourth-order valence-corrected chi connectivity index (χ4v) is 1.72. The summed E-state index contributed by atoms with van der Waals surface area (Å²) in [7, 11) is 1.85. The van der Waals surface area contributed by atoms with E-state index in [1.54, 1.807) is 4.68 Å². The van der Waals surface area contributed by atoms with Crippen molar-refractivity contribution in [3.63, 3.8) is 0 Å². The van der Waals surface area contributed by atoms with E-state index in [1.165, 1.54) is 0 Å². The van der Waals surface area contributed by atoms with E-state index in [0.29, 0.717) is 13.1 Å². The highest BCUT2D eigenvalue weighted by atomic mass is 15.3. The predicted molar refractivity (Wildman–Crippen MR) is 63.1 cm³/mol. The van der Waals surface area contributed by atoms with Gasteiger partial charge in [-0.3, -0.25) is 10.00 Å². The maximum atomic E-state index is 9.14. The van der Waals surface area contributed by atoms with Crippen molar-refractivity contribution in [3.8, 4) is 6.07 Å². The summed E-state index contributed by atoms with van der Waals surface area (Å²) >= 11 is 0. The lowest BCUT2D eigenvalue weighted by atomic mass is 10.1. The Morgan fingerprint density at radius 3 is 2.82 bits per heavy atom. The van der Waals surface area contributed by atoms with Crippen LogP contribution >= 0.6 is 0 Å². The van der Waals surface area contributed by atoms with Crippen molar-refractivity contribution < 1.29 is 0 Å². The van der Waals surface area contributed by atoms with Crippen molar-refractivity contribution in [1.82, 2.24) is 15.1 Å². The van der Waals surface area contributed by atoms with Crippen LogP contribution in [0.15, 0.2) is 5.11 Å². The van der Waals surface area contributed by atoms with E-state index in [2.05, 4.69) is 26.5 Å². The number of nitriles is 1. The highest BCUT2D eigenvalue weighted by Gasteiger charge is 2.18. The third-order valence-electron chi connectivity index (χ3n) is 2.61. The standard InChI is InChI=1S/C10H15N7/c1-7-10(8(2)17(3)15-7)9(6-11)13-4-5-14-16-12/h9,13H,4-5H2,1-3H3. The van der Waals surface area contributed by atoms with Gasteiger partial charge >= 0.3 is 0 Å². The van der Waals surface area contributed by atoms with E-state index in [-0.39, 0.29) is 0 Å². The van der Waals surface area contributed by atoms with E-state index in [0.717, 1.165) is 17.0 Å². The lowest BCUT2D eigenvalue weighted by molar-refractivity contribution is 0.628. The van der Waals surface area contributed by atoms with Gasteiger partial charge in [0, 0.05) is 36.3 Å². The topological polar surface area (TPSA) is 102 Å². The molecule has 1 N–H and O–H groups in total. The summed E-state index contributed by atoms with van der Waals surface area (Å²) in [5, 5.41) is 19.9. The van der Waals surface area contributed by atoms with E-state index >= 15 is 0 Å². The molecule has 1 aromatic rings.